The summed E-state index contributed by atoms with van der Waals surface area (Å²) in [6.45, 7) is 9.48. The van der Waals surface area contributed by atoms with E-state index in [1.807, 2.05) is 19.1 Å². The summed E-state index contributed by atoms with van der Waals surface area (Å²) >= 11 is 5.97. The lowest BCUT2D eigenvalue weighted by molar-refractivity contribution is -0.126. The van der Waals surface area contributed by atoms with Gasteiger partial charge in [-0.05, 0) is 55.2 Å². The van der Waals surface area contributed by atoms with Gasteiger partial charge in [0.1, 0.15) is 17.3 Å². The van der Waals surface area contributed by atoms with Crippen LogP contribution in [0.15, 0.2) is 78.0 Å². The third-order valence-electron chi connectivity index (χ3n) is 6.06. The molecule has 0 bridgehead atoms. The smallest absolute Gasteiger partial charge is 0.248 e. The Morgan fingerprint density at radius 1 is 1.03 bits per heavy atom. The Bertz CT molecular complexity index is 1340. The summed E-state index contributed by atoms with van der Waals surface area (Å²) in [5.41, 5.74) is 2.73. The van der Waals surface area contributed by atoms with Gasteiger partial charge in [-0.15, -0.1) is 11.6 Å². The minimum Gasteiger partial charge on any atom is -0.337 e. The Balaban J connectivity index is 2.03. The monoisotopic (exact) mass is 541 g/mol. The fourth-order valence-electron chi connectivity index (χ4n) is 3.87. The maximum absolute atomic E-state index is 13.7. The molecule has 1 heterocycles. The van der Waals surface area contributed by atoms with Crippen molar-refractivity contribution in [2.75, 3.05) is 10.8 Å². The number of anilines is 1. The van der Waals surface area contributed by atoms with Gasteiger partial charge in [0, 0.05) is 23.6 Å². The number of amides is 2. The second kappa shape index (κ2) is 11.4. The molecular weight excluding hydrogens is 510 g/mol. The van der Waals surface area contributed by atoms with Crippen molar-refractivity contribution in [2.24, 2.45) is 0 Å². The van der Waals surface area contributed by atoms with Crippen LogP contribution in [0.2, 0.25) is 0 Å². The highest BCUT2D eigenvalue weighted by Gasteiger charge is 2.35. The molecule has 3 rings (SSSR count). The molecule has 37 heavy (non-hydrogen) atoms. The summed E-state index contributed by atoms with van der Waals surface area (Å²) in [4.78, 5) is 32.3. The van der Waals surface area contributed by atoms with E-state index in [9.17, 15) is 18.0 Å². The summed E-state index contributed by atoms with van der Waals surface area (Å²) in [5, 5.41) is 1.35. The molecule has 3 aromatic rings. The molecule has 0 aliphatic heterocycles. The summed E-state index contributed by atoms with van der Waals surface area (Å²) in [5.74, 6) is -1.56. The second-order valence-electron chi connectivity index (χ2n) is 9.89. The maximum atomic E-state index is 13.7. The predicted octanol–water partition coefficient (Wildman–Crippen LogP) is 4.94. The molecule has 2 atom stereocenters. The average molecular weight is 542 g/mol. The van der Waals surface area contributed by atoms with Gasteiger partial charge in [-0.25, -0.2) is 8.42 Å². The number of alkyl halides is 1. The number of hydrogen-bond acceptors (Lipinski definition) is 5. The third kappa shape index (κ3) is 6.56. The number of rotatable bonds is 8. The molecule has 1 aromatic heterocycles. The first-order valence-electron chi connectivity index (χ1n) is 11.9. The molecule has 2 amide bonds. The molecule has 0 radical (unpaired) electrons. The Labute approximate surface area is 223 Å². The molecule has 2 unspecified atom stereocenters. The van der Waals surface area contributed by atoms with Gasteiger partial charge in [0.2, 0.25) is 11.8 Å². The number of pyridine rings is 1. The number of benzene rings is 2. The maximum Gasteiger partial charge on any atom is 0.248 e. The summed E-state index contributed by atoms with van der Waals surface area (Å²) in [7, 11) is -3.88. The van der Waals surface area contributed by atoms with Crippen molar-refractivity contribution in [2.45, 2.75) is 56.3 Å². The van der Waals surface area contributed by atoms with E-state index in [0.717, 1.165) is 11.1 Å². The first-order valence-corrected chi connectivity index (χ1v) is 13.9. The van der Waals surface area contributed by atoms with Crippen LogP contribution < -0.4 is 10.2 Å². The second-order valence-corrected chi connectivity index (χ2v) is 12.4. The zero-order valence-corrected chi connectivity index (χ0v) is 23.2. The van der Waals surface area contributed by atoms with Crippen LogP contribution >= 0.6 is 11.6 Å². The molecule has 9 heteroatoms. The van der Waals surface area contributed by atoms with E-state index in [1.165, 1.54) is 30.2 Å². The molecule has 0 aliphatic carbocycles. The number of carbonyl (C=O) groups is 2. The van der Waals surface area contributed by atoms with Crippen molar-refractivity contribution in [3.05, 3.63) is 89.7 Å². The van der Waals surface area contributed by atoms with Crippen LogP contribution in [-0.4, -0.2) is 36.5 Å². The number of sulfone groups is 1. The molecule has 0 aliphatic rings. The van der Waals surface area contributed by atoms with Crippen molar-refractivity contribution in [3.63, 3.8) is 0 Å². The number of hydrogen-bond donors (Lipinski definition) is 1. The van der Waals surface area contributed by atoms with Crippen molar-refractivity contribution >= 4 is 38.9 Å². The molecule has 0 saturated carbocycles. The zero-order chi connectivity index (χ0) is 27.4. The summed E-state index contributed by atoms with van der Waals surface area (Å²) in [6.07, 6.45) is 3.02. The van der Waals surface area contributed by atoms with Crippen LogP contribution in [0.5, 0.6) is 0 Å². The Hall–Kier alpha value is -3.23. The molecule has 196 valence electrons. The molecule has 0 spiro atoms. The zero-order valence-electron chi connectivity index (χ0n) is 21.6. The van der Waals surface area contributed by atoms with Crippen LogP contribution in [0.1, 0.15) is 50.4 Å². The van der Waals surface area contributed by atoms with Gasteiger partial charge in [-0.1, -0.05) is 56.7 Å². The van der Waals surface area contributed by atoms with Crippen molar-refractivity contribution in [3.8, 4) is 0 Å². The SMILES string of the molecule is Cc1ccc(S(=O)(=O)C(C)NC(=O)C(c2cccnc2)N(C(=O)CCl)c2ccc(C(C)(C)C)cc2)cc1. The van der Waals surface area contributed by atoms with Crippen molar-refractivity contribution < 1.29 is 18.0 Å². The number of halogens is 1. The van der Waals surface area contributed by atoms with Gasteiger partial charge in [-0.3, -0.25) is 19.5 Å². The fourth-order valence-corrected chi connectivity index (χ4v) is 5.19. The van der Waals surface area contributed by atoms with Gasteiger partial charge in [0.25, 0.3) is 0 Å². The fraction of sp³-hybridized carbons (Fsp3) is 0.321. The van der Waals surface area contributed by atoms with Crippen LogP contribution in [-0.2, 0) is 24.8 Å². The molecule has 0 saturated heterocycles. The van der Waals surface area contributed by atoms with Gasteiger partial charge in [0.05, 0.1) is 4.90 Å². The molecule has 1 N–H and O–H groups in total. The van der Waals surface area contributed by atoms with Crippen molar-refractivity contribution in [1.29, 1.82) is 0 Å². The van der Waals surface area contributed by atoms with Crippen LogP contribution in [0.25, 0.3) is 0 Å². The van der Waals surface area contributed by atoms with E-state index in [4.69, 9.17) is 11.6 Å². The highest BCUT2D eigenvalue weighted by molar-refractivity contribution is 7.92. The average Bonchev–Trinajstić information content (AvgIpc) is 2.87. The van der Waals surface area contributed by atoms with E-state index in [-0.39, 0.29) is 16.2 Å². The van der Waals surface area contributed by atoms with Crippen LogP contribution in [0.4, 0.5) is 5.69 Å². The lowest BCUT2D eigenvalue weighted by atomic mass is 9.87. The van der Waals surface area contributed by atoms with E-state index in [0.29, 0.717) is 11.3 Å². The Morgan fingerprint density at radius 3 is 2.16 bits per heavy atom. The van der Waals surface area contributed by atoms with Gasteiger partial charge >= 0.3 is 0 Å². The van der Waals surface area contributed by atoms with Gasteiger partial charge in [-0.2, -0.15) is 0 Å². The molecule has 7 nitrogen and oxygen atoms in total. The van der Waals surface area contributed by atoms with Crippen LogP contribution in [0.3, 0.4) is 0 Å². The standard InChI is InChI=1S/C28H32ClN3O4S/c1-19-8-14-24(15-9-19)37(35,36)20(2)31-27(34)26(21-7-6-16-30-18-21)32(25(33)17-29)23-12-10-22(11-13-23)28(3,4)5/h6-16,18,20,26H,17H2,1-5H3,(H,31,34). The van der Waals surface area contributed by atoms with E-state index >= 15 is 0 Å². The first kappa shape index (κ1) is 28.3. The third-order valence-corrected chi connectivity index (χ3v) is 8.27. The minimum absolute atomic E-state index is 0.0929. The minimum atomic E-state index is -3.88. The van der Waals surface area contributed by atoms with E-state index < -0.39 is 33.1 Å². The highest BCUT2D eigenvalue weighted by atomic mass is 35.5. The number of nitrogens with one attached hydrogen (secondary N) is 1. The number of aromatic nitrogens is 1. The molecule has 0 fully saturated rings. The largest absolute Gasteiger partial charge is 0.337 e. The lowest BCUT2D eigenvalue weighted by Gasteiger charge is -2.32. The van der Waals surface area contributed by atoms with Crippen molar-refractivity contribution in [1.82, 2.24) is 10.3 Å². The summed E-state index contributed by atoms with van der Waals surface area (Å²) < 4.78 is 26.3. The topological polar surface area (TPSA) is 96.4 Å². The molecular formula is C28H32ClN3O4S. The quantitative estimate of drug-likeness (QED) is 0.408. The van der Waals surface area contributed by atoms with Crippen LogP contribution in [0, 0.1) is 6.92 Å². The van der Waals surface area contributed by atoms with Gasteiger partial charge < -0.3 is 5.32 Å². The lowest BCUT2D eigenvalue weighted by Crippen LogP contribution is -2.48. The Kier molecular flexibility index (Phi) is 8.76. The molecule has 2 aromatic carbocycles. The first-order chi connectivity index (χ1) is 17.4. The van der Waals surface area contributed by atoms with Gasteiger partial charge in [0.15, 0.2) is 9.84 Å². The number of aryl methyl sites for hydroxylation is 1. The number of carbonyl (C=O) groups excluding carboxylic acids is 2. The van der Waals surface area contributed by atoms with E-state index in [1.54, 1.807) is 42.6 Å². The highest BCUT2D eigenvalue weighted by Crippen LogP contribution is 2.31. The number of nitrogens with zero attached hydrogens (tertiary/aromatic N) is 2. The predicted molar refractivity (Wildman–Crippen MR) is 146 cm³/mol. The Morgan fingerprint density at radius 2 is 1.65 bits per heavy atom. The summed E-state index contributed by atoms with van der Waals surface area (Å²) in [6, 6.07) is 15.8. The van der Waals surface area contributed by atoms with E-state index in [2.05, 4.69) is 31.1 Å². The normalized spacial score (nSPS) is 13.5.